The van der Waals surface area contributed by atoms with Crippen LogP contribution in [0.3, 0.4) is 0 Å². The molecule has 0 spiro atoms. The van der Waals surface area contributed by atoms with Gasteiger partial charge in [0.1, 0.15) is 0 Å². The Hall–Kier alpha value is -1.59. The van der Waals surface area contributed by atoms with E-state index in [1.54, 1.807) is 0 Å². The third-order valence-corrected chi connectivity index (χ3v) is 3.49. The number of hydrogen-bond acceptors (Lipinski definition) is 6. The average Bonchev–Trinajstić information content (AvgIpc) is 2.44. The normalized spacial score (nSPS) is 11.7. The first-order valence-electron chi connectivity index (χ1n) is 4.35. The smallest absolute Gasteiger partial charge is 0.300 e. The number of carbonyl (C=O) groups excluding carboxylic acids is 1. The van der Waals surface area contributed by atoms with Crippen molar-refractivity contribution in [1.29, 1.82) is 0 Å². The number of hydrogen-bond donors (Lipinski definition) is 2. The van der Waals surface area contributed by atoms with Crippen LogP contribution in [0.4, 0.5) is 0 Å². The number of sulfonamides is 1. The minimum atomic E-state index is -3.83. The molecule has 0 aliphatic rings. The van der Waals surface area contributed by atoms with Crippen molar-refractivity contribution in [2.24, 2.45) is 17.2 Å². The van der Waals surface area contributed by atoms with E-state index in [0.717, 1.165) is 18.3 Å². The van der Waals surface area contributed by atoms with Gasteiger partial charge in [-0.1, -0.05) is 11.3 Å². The van der Waals surface area contributed by atoms with Gasteiger partial charge in [-0.2, -0.15) is 4.99 Å². The molecular formula is C7H12N4O5S2. The zero-order valence-corrected chi connectivity index (χ0v) is 11.4. The van der Waals surface area contributed by atoms with Crippen LogP contribution in [-0.4, -0.2) is 35.2 Å². The highest BCUT2D eigenvalue weighted by Gasteiger charge is 2.14. The molecule has 0 aromatic carbocycles. The summed E-state index contributed by atoms with van der Waals surface area (Å²) in [5, 5.41) is 15.9. The summed E-state index contributed by atoms with van der Waals surface area (Å²) >= 11 is 0.746. The molecule has 9 nitrogen and oxygen atoms in total. The van der Waals surface area contributed by atoms with Gasteiger partial charge in [0.25, 0.3) is 16.0 Å². The summed E-state index contributed by atoms with van der Waals surface area (Å²) in [6.07, 6.45) is 0. The largest absolute Gasteiger partial charge is 0.481 e. The summed E-state index contributed by atoms with van der Waals surface area (Å²) in [7, 11) is -2.35. The van der Waals surface area contributed by atoms with E-state index >= 15 is 0 Å². The number of carboxylic acid groups (broad SMARTS) is 1. The van der Waals surface area contributed by atoms with Gasteiger partial charge in [0.15, 0.2) is 0 Å². The maximum absolute atomic E-state index is 10.9. The van der Waals surface area contributed by atoms with Crippen molar-refractivity contribution in [1.82, 2.24) is 9.78 Å². The molecule has 0 atom stereocenters. The van der Waals surface area contributed by atoms with Gasteiger partial charge in [-0.3, -0.25) is 9.59 Å². The Bertz CT molecular complexity index is 608. The Labute approximate surface area is 107 Å². The van der Waals surface area contributed by atoms with Crippen LogP contribution in [0.2, 0.25) is 0 Å². The molecule has 0 fully saturated rings. The van der Waals surface area contributed by atoms with Crippen molar-refractivity contribution in [3.05, 3.63) is 4.80 Å². The molecule has 3 N–H and O–H groups in total. The number of amides is 1. The molecule has 1 rings (SSSR count). The summed E-state index contributed by atoms with van der Waals surface area (Å²) in [5.74, 6) is -1.26. The van der Waals surface area contributed by atoms with Crippen LogP contribution in [-0.2, 0) is 26.7 Å². The van der Waals surface area contributed by atoms with Crippen molar-refractivity contribution in [3.8, 4) is 0 Å². The summed E-state index contributed by atoms with van der Waals surface area (Å²) < 4.78 is 22.7. The first-order chi connectivity index (χ1) is 8.04. The molecule has 1 amide bonds. The standard InChI is InChI=1S/C5H8N4O3S2.C2H4O2/c1-3(10)7-4-9(2)8-5(13-4)14(6,11)12;1-2(3)4/h1-2H3,(H2,6,11,12);1H3,(H,3,4)/b7-4-;. The number of aliphatic carboxylic acids is 1. The molecule has 0 saturated carbocycles. The van der Waals surface area contributed by atoms with E-state index in [9.17, 15) is 13.2 Å². The Morgan fingerprint density at radius 2 is 1.89 bits per heavy atom. The Morgan fingerprint density at radius 1 is 1.44 bits per heavy atom. The Kier molecular flexibility index (Phi) is 5.81. The summed E-state index contributed by atoms with van der Waals surface area (Å²) in [4.78, 5) is 23.4. The lowest BCUT2D eigenvalue weighted by atomic mass is 10.8. The predicted octanol–water partition coefficient (Wildman–Crippen LogP) is -1.33. The van der Waals surface area contributed by atoms with E-state index in [4.69, 9.17) is 15.0 Å². The van der Waals surface area contributed by atoms with Gasteiger partial charge in [0.05, 0.1) is 0 Å². The second-order valence-electron chi connectivity index (χ2n) is 2.97. The number of nitrogens with zero attached hydrogens (tertiary/aromatic N) is 3. The van der Waals surface area contributed by atoms with Crippen molar-refractivity contribution in [2.45, 2.75) is 18.2 Å². The fraction of sp³-hybridized carbons (Fsp3) is 0.429. The molecule has 1 aromatic heterocycles. The number of carboxylic acids is 1. The number of aryl methyl sites for hydroxylation is 1. The molecule has 11 heteroatoms. The number of primary sulfonamides is 1. The molecule has 0 unspecified atom stereocenters. The van der Waals surface area contributed by atoms with Crippen LogP contribution in [0.25, 0.3) is 0 Å². The van der Waals surface area contributed by atoms with Crippen molar-refractivity contribution in [3.63, 3.8) is 0 Å². The van der Waals surface area contributed by atoms with Crippen LogP contribution >= 0.6 is 11.3 Å². The van der Waals surface area contributed by atoms with Crippen LogP contribution in [0, 0.1) is 0 Å². The molecule has 0 aliphatic heterocycles. The fourth-order valence-electron chi connectivity index (χ4n) is 0.675. The Balaban J connectivity index is 0.000000631. The molecule has 0 saturated heterocycles. The van der Waals surface area contributed by atoms with Gasteiger partial charge in [-0.05, 0) is 0 Å². The number of rotatable bonds is 1. The highest BCUT2D eigenvalue weighted by atomic mass is 32.2. The Morgan fingerprint density at radius 3 is 2.17 bits per heavy atom. The van der Waals surface area contributed by atoms with Crippen molar-refractivity contribution < 1.29 is 23.1 Å². The lowest BCUT2D eigenvalue weighted by Gasteiger charge is -1.86. The fourth-order valence-corrected chi connectivity index (χ4v) is 2.27. The van der Waals surface area contributed by atoms with Crippen molar-refractivity contribution >= 4 is 33.2 Å². The summed E-state index contributed by atoms with van der Waals surface area (Å²) in [6.45, 7) is 2.34. The van der Waals surface area contributed by atoms with Crippen LogP contribution in [0.15, 0.2) is 9.33 Å². The SMILES string of the molecule is CC(=O)/N=c1\sc(S(N)(=O)=O)nn1C.CC(=O)O. The zero-order chi connectivity index (χ0) is 14.5. The third kappa shape index (κ3) is 6.22. The average molecular weight is 296 g/mol. The maximum atomic E-state index is 10.9. The molecule has 18 heavy (non-hydrogen) atoms. The maximum Gasteiger partial charge on any atom is 0.300 e. The lowest BCUT2D eigenvalue weighted by molar-refractivity contribution is -0.134. The van der Waals surface area contributed by atoms with Gasteiger partial charge in [-0.15, -0.1) is 5.10 Å². The molecule has 0 bridgehead atoms. The first-order valence-corrected chi connectivity index (χ1v) is 6.72. The van der Waals surface area contributed by atoms with E-state index in [2.05, 4.69) is 10.1 Å². The molecule has 0 radical (unpaired) electrons. The molecule has 102 valence electrons. The van der Waals surface area contributed by atoms with E-state index in [-0.39, 0.29) is 9.14 Å². The molecule has 0 aliphatic carbocycles. The highest BCUT2D eigenvalue weighted by Crippen LogP contribution is 2.03. The second kappa shape index (κ2) is 6.37. The quantitative estimate of drug-likeness (QED) is 0.656. The van der Waals surface area contributed by atoms with Gasteiger partial charge in [0, 0.05) is 20.9 Å². The van der Waals surface area contributed by atoms with E-state index < -0.39 is 21.9 Å². The van der Waals surface area contributed by atoms with Crippen LogP contribution in [0.1, 0.15) is 13.8 Å². The number of aromatic nitrogens is 2. The van der Waals surface area contributed by atoms with Crippen LogP contribution in [0.5, 0.6) is 0 Å². The van der Waals surface area contributed by atoms with E-state index in [0.29, 0.717) is 0 Å². The van der Waals surface area contributed by atoms with Gasteiger partial charge in [0.2, 0.25) is 15.0 Å². The lowest BCUT2D eigenvalue weighted by Crippen LogP contribution is -2.14. The van der Waals surface area contributed by atoms with Crippen molar-refractivity contribution in [2.75, 3.05) is 0 Å². The highest BCUT2D eigenvalue weighted by molar-refractivity contribution is 7.91. The second-order valence-corrected chi connectivity index (χ2v) is 5.66. The monoisotopic (exact) mass is 296 g/mol. The molecular weight excluding hydrogens is 284 g/mol. The zero-order valence-electron chi connectivity index (χ0n) is 9.82. The van der Waals surface area contributed by atoms with E-state index in [1.165, 1.54) is 18.7 Å². The predicted molar refractivity (Wildman–Crippen MR) is 62.0 cm³/mol. The first kappa shape index (κ1) is 16.4. The third-order valence-electron chi connectivity index (χ3n) is 1.18. The summed E-state index contributed by atoms with van der Waals surface area (Å²) in [5.41, 5.74) is 0. The topological polar surface area (TPSA) is 145 Å². The molecule has 1 heterocycles. The number of nitrogens with two attached hydrogens (primary N) is 1. The number of carbonyl (C=O) groups is 2. The molecule has 1 aromatic rings. The van der Waals surface area contributed by atoms with Crippen LogP contribution < -0.4 is 9.94 Å². The van der Waals surface area contributed by atoms with E-state index in [1.807, 2.05) is 0 Å². The van der Waals surface area contributed by atoms with Gasteiger partial charge >= 0.3 is 0 Å². The van der Waals surface area contributed by atoms with Gasteiger partial charge < -0.3 is 5.11 Å². The minimum absolute atomic E-state index is 0.196. The minimum Gasteiger partial charge on any atom is -0.481 e. The van der Waals surface area contributed by atoms with Gasteiger partial charge in [-0.25, -0.2) is 18.2 Å². The summed E-state index contributed by atoms with van der Waals surface area (Å²) in [6, 6.07) is 0.